The summed E-state index contributed by atoms with van der Waals surface area (Å²) in [5, 5.41) is 22.6. The first-order valence-electron chi connectivity index (χ1n) is 29.2. The molecular formula is C70H72NO15P. The monoisotopic (exact) mass is 1200 g/mol. The molecule has 0 spiro atoms. The molecular weight excluding hydrogens is 1130 g/mol. The number of ether oxygens (including phenoxy) is 9. The number of aliphatic hydroxyl groups is 1. The van der Waals surface area contributed by atoms with Crippen LogP contribution in [0.2, 0.25) is 0 Å². The molecule has 1 N–H and O–H groups in total. The van der Waals surface area contributed by atoms with Gasteiger partial charge in [0.15, 0.2) is 0 Å². The average Bonchev–Trinajstić information content (AvgIpc) is 2.69. The Bertz CT molecular complexity index is 3400. The van der Waals surface area contributed by atoms with Gasteiger partial charge in [0.05, 0.1) is 84.1 Å². The van der Waals surface area contributed by atoms with Gasteiger partial charge in [-0.25, -0.2) is 9.36 Å². The molecule has 2 saturated heterocycles. The fourth-order valence-electron chi connectivity index (χ4n) is 10.5. The van der Waals surface area contributed by atoms with Crippen molar-refractivity contribution in [1.82, 2.24) is 0 Å². The highest BCUT2D eigenvalue weighted by atomic mass is 31.2. The fourth-order valence-corrected chi connectivity index (χ4v) is 11.7. The highest BCUT2D eigenvalue weighted by Gasteiger charge is 2.52. The second-order valence-electron chi connectivity index (χ2n) is 21.1. The minimum atomic E-state index is -4.74. The van der Waals surface area contributed by atoms with E-state index in [1.54, 1.807) is 12.1 Å². The van der Waals surface area contributed by atoms with Crippen molar-refractivity contribution < 1.29 is 70.7 Å². The first-order valence-corrected chi connectivity index (χ1v) is 30.7. The molecule has 0 radical (unpaired) electrons. The third-order valence-corrected chi connectivity index (χ3v) is 16.4. The van der Waals surface area contributed by atoms with Crippen LogP contribution in [0.25, 0.3) is 10.8 Å². The third-order valence-electron chi connectivity index (χ3n) is 15.0. The number of nitriles is 1. The number of nitrogens with zero attached hydrogens (tertiary/aromatic N) is 1. The van der Waals surface area contributed by atoms with E-state index in [0.717, 1.165) is 44.2 Å². The second kappa shape index (κ2) is 32.6. The Morgan fingerprint density at radius 3 is 1.13 bits per heavy atom. The Kier molecular flexibility index (Phi) is 23.5. The van der Waals surface area contributed by atoms with E-state index in [9.17, 15) is 15.2 Å². The summed E-state index contributed by atoms with van der Waals surface area (Å²) in [6, 6.07) is 72.8. The summed E-state index contributed by atoms with van der Waals surface area (Å²) in [5.41, 5.74) is 5.55. The van der Waals surface area contributed by atoms with Crippen LogP contribution in [0.5, 0.6) is 0 Å². The van der Waals surface area contributed by atoms with Crippen LogP contribution >= 0.6 is 7.82 Å². The summed E-state index contributed by atoms with van der Waals surface area (Å²) in [6.07, 6.45) is -9.95. The molecule has 2 aliphatic heterocycles. The van der Waals surface area contributed by atoms with E-state index in [1.165, 1.54) is 0 Å². The van der Waals surface area contributed by atoms with E-state index >= 15 is 4.57 Å². The minimum Gasteiger partial charge on any atom is -0.459 e. The number of rotatable bonds is 31. The summed E-state index contributed by atoms with van der Waals surface area (Å²) >= 11 is 0. The second-order valence-corrected chi connectivity index (χ2v) is 22.8. The van der Waals surface area contributed by atoms with E-state index in [4.69, 9.17) is 56.2 Å². The normalized spacial score (nSPS) is 22.7. The minimum absolute atomic E-state index is 0.0927. The molecule has 452 valence electrons. The summed E-state index contributed by atoms with van der Waals surface area (Å²) < 4.78 is 94.8. The zero-order valence-corrected chi connectivity index (χ0v) is 49.1. The molecule has 17 heteroatoms. The molecule has 8 aromatic rings. The van der Waals surface area contributed by atoms with Gasteiger partial charge >= 0.3 is 13.8 Å². The Labute approximate surface area is 507 Å². The largest absolute Gasteiger partial charge is 0.475 e. The van der Waals surface area contributed by atoms with Gasteiger partial charge in [-0.1, -0.05) is 212 Å². The molecule has 16 nitrogen and oxygen atoms in total. The van der Waals surface area contributed by atoms with Crippen molar-refractivity contribution in [3.05, 3.63) is 263 Å². The molecule has 8 aromatic carbocycles. The first-order chi connectivity index (χ1) is 42.8. The Morgan fingerprint density at radius 2 is 0.747 bits per heavy atom. The number of phosphoric ester groups is 1. The van der Waals surface area contributed by atoms with Crippen LogP contribution in [-0.2, 0) is 100 Å². The number of esters is 1. The van der Waals surface area contributed by atoms with Crippen molar-refractivity contribution in [2.24, 2.45) is 0 Å². The van der Waals surface area contributed by atoms with Gasteiger partial charge in [0.25, 0.3) is 0 Å². The predicted molar refractivity (Wildman–Crippen MR) is 324 cm³/mol. The number of benzene rings is 8. The Balaban J connectivity index is 0.963. The Hall–Kier alpha value is -7.27. The van der Waals surface area contributed by atoms with Crippen molar-refractivity contribution in [2.75, 3.05) is 33.0 Å². The van der Waals surface area contributed by atoms with E-state index in [0.29, 0.717) is 5.56 Å². The van der Waals surface area contributed by atoms with Gasteiger partial charge in [0.2, 0.25) is 0 Å². The molecule has 10 rings (SSSR count). The van der Waals surface area contributed by atoms with Crippen LogP contribution in [-0.4, -0.2) is 105 Å². The lowest BCUT2D eigenvalue weighted by molar-refractivity contribution is -0.276. The van der Waals surface area contributed by atoms with E-state index in [-0.39, 0.29) is 59.3 Å². The van der Waals surface area contributed by atoms with Crippen molar-refractivity contribution in [3.63, 3.8) is 0 Å². The molecule has 11 atom stereocenters. The van der Waals surface area contributed by atoms with Crippen LogP contribution in [0.15, 0.2) is 224 Å². The molecule has 0 bridgehead atoms. The van der Waals surface area contributed by atoms with Crippen LogP contribution in [0.3, 0.4) is 0 Å². The topological polar surface area (TPSA) is 189 Å². The van der Waals surface area contributed by atoms with Gasteiger partial charge in [-0.3, -0.25) is 13.6 Å². The number of phosphoric acid groups is 1. The van der Waals surface area contributed by atoms with Crippen molar-refractivity contribution in [3.8, 4) is 6.07 Å². The first kappa shape index (κ1) is 62.8. The van der Waals surface area contributed by atoms with Gasteiger partial charge in [-0.05, 0) is 56.3 Å². The van der Waals surface area contributed by atoms with Crippen molar-refractivity contribution >= 4 is 24.6 Å². The zero-order valence-electron chi connectivity index (χ0n) is 48.2. The van der Waals surface area contributed by atoms with Gasteiger partial charge in [0.1, 0.15) is 67.6 Å². The van der Waals surface area contributed by atoms with Gasteiger partial charge in [0, 0.05) is 0 Å². The Morgan fingerprint density at radius 1 is 0.414 bits per heavy atom. The van der Waals surface area contributed by atoms with Crippen LogP contribution < -0.4 is 0 Å². The number of hydrogen-bond donors (Lipinski definition) is 1. The number of fused-ring (bicyclic) bond motifs is 1. The van der Waals surface area contributed by atoms with Gasteiger partial charge < -0.3 is 47.7 Å². The number of hydrogen-bond acceptors (Lipinski definition) is 16. The van der Waals surface area contributed by atoms with E-state index < -0.39 is 94.7 Å². The van der Waals surface area contributed by atoms with E-state index in [1.807, 2.05) is 218 Å². The molecule has 87 heavy (non-hydrogen) atoms. The third kappa shape index (κ3) is 18.2. The van der Waals surface area contributed by atoms with Crippen molar-refractivity contribution in [1.29, 1.82) is 5.26 Å². The number of aliphatic hydroxyl groups excluding tert-OH is 1. The maximum atomic E-state index is 15.5. The number of carbonyl (C=O) groups is 1. The summed E-state index contributed by atoms with van der Waals surface area (Å²) in [4.78, 5) is 14.1. The molecule has 0 aliphatic carbocycles. The fraction of sp³-hybridized carbons (Fsp3) is 0.314. The highest BCUT2D eigenvalue weighted by molar-refractivity contribution is 7.48. The molecule has 2 heterocycles. The number of carbonyl (C=O) groups excluding carboxylic acids is 1. The van der Waals surface area contributed by atoms with Gasteiger partial charge in [-0.15, -0.1) is 0 Å². The van der Waals surface area contributed by atoms with Crippen molar-refractivity contribution in [2.45, 2.75) is 107 Å². The predicted octanol–water partition coefficient (Wildman–Crippen LogP) is 12.1. The SMILES string of the molecule is N#CCCOP(=O)(OC[C@@H]1O[C@H](CO)[C@@H](OCc2ccccc2)[C@H](OCc2ccccc2)[C@H]1OCc1ccccc1)OC[C@H]1O[C@@H](COC(=O)c2ccc3ccccc3c2)[C@H](OCc2ccccc2)[C@@H](OCc2ccccc2)[C@@H]1OCc1ccccc1. The van der Waals surface area contributed by atoms with Crippen LogP contribution in [0, 0.1) is 11.3 Å². The summed E-state index contributed by atoms with van der Waals surface area (Å²) in [7, 11) is -4.74. The van der Waals surface area contributed by atoms with E-state index in [2.05, 4.69) is 0 Å². The standard InChI is InChI=1S/C70H72NO15P/c71-38-21-39-82-87(74,83-49-62-66(77-44-53-26-11-3-12-27-53)68(79-46-55-30-15-5-16-31-55)64(60(41-72)85-62)75-42-51-22-7-1-8-23-51)84-50-63-67(78-45-54-28-13-4-14-29-54)69(80-47-56-32-17-6-18-33-56)65(76-43-52-24-9-2-10-25-52)61(86-63)48-81-70(73)59-37-36-57-34-19-20-35-58(57)40-59/h1-20,22-37,40,60-69,72H,21,39,41-50H2/t60-,61+,62+,63-,64-,65+,66+,67-,68+,69-,87?/m1/s1. The smallest absolute Gasteiger partial charge is 0.459 e. The lowest BCUT2D eigenvalue weighted by Crippen LogP contribution is -2.62. The summed E-state index contributed by atoms with van der Waals surface area (Å²) in [6.45, 7) is -1.30. The molecule has 0 amide bonds. The molecule has 2 fully saturated rings. The molecule has 0 saturated carbocycles. The average molecular weight is 1200 g/mol. The molecule has 2 aliphatic rings. The quantitative estimate of drug-likeness (QED) is 0.0245. The highest BCUT2D eigenvalue weighted by Crippen LogP contribution is 2.51. The molecule has 1 unspecified atom stereocenters. The van der Waals surface area contributed by atoms with Gasteiger partial charge in [-0.2, -0.15) is 5.26 Å². The molecule has 0 aromatic heterocycles. The van der Waals surface area contributed by atoms with Crippen LogP contribution in [0.1, 0.15) is 50.2 Å². The maximum Gasteiger partial charge on any atom is 0.475 e. The maximum absolute atomic E-state index is 15.5. The van der Waals surface area contributed by atoms with Crippen LogP contribution in [0.4, 0.5) is 0 Å². The lowest BCUT2D eigenvalue weighted by Gasteiger charge is -2.46. The lowest BCUT2D eigenvalue weighted by atomic mass is 9.94. The summed E-state index contributed by atoms with van der Waals surface area (Å²) in [5.74, 6) is -0.590. The zero-order chi connectivity index (χ0) is 59.9.